The zero-order valence-electron chi connectivity index (χ0n) is 8.61. The fourth-order valence-corrected chi connectivity index (χ4v) is 1.71. The summed E-state index contributed by atoms with van der Waals surface area (Å²) in [5, 5.41) is 13.9. The molecule has 2 N–H and O–H groups in total. The van der Waals surface area contributed by atoms with Crippen molar-refractivity contribution in [2.45, 2.75) is 31.3 Å². The molecule has 1 aromatic heterocycles. The van der Waals surface area contributed by atoms with Gasteiger partial charge in [-0.1, -0.05) is 6.92 Å². The van der Waals surface area contributed by atoms with E-state index >= 15 is 0 Å². The van der Waals surface area contributed by atoms with Crippen LogP contribution < -0.4 is 5.73 Å². The van der Waals surface area contributed by atoms with Crippen LogP contribution >= 0.6 is 11.8 Å². The van der Waals surface area contributed by atoms with E-state index in [9.17, 15) is 0 Å². The molecule has 4 nitrogen and oxygen atoms in total. The average molecular weight is 210 g/mol. The maximum Gasteiger partial charge on any atom is 0.141 e. The second-order valence-corrected chi connectivity index (χ2v) is 3.88. The summed E-state index contributed by atoms with van der Waals surface area (Å²) in [6, 6.07) is 2.32. The summed E-state index contributed by atoms with van der Waals surface area (Å²) in [4.78, 5) is 0. The molecule has 0 saturated carbocycles. The molecular weight excluding hydrogens is 196 g/mol. The van der Waals surface area contributed by atoms with Crippen LogP contribution in [0, 0.1) is 11.3 Å². The summed E-state index contributed by atoms with van der Waals surface area (Å²) >= 11 is 1.45. The van der Waals surface area contributed by atoms with Crippen molar-refractivity contribution in [1.29, 1.82) is 5.26 Å². The van der Waals surface area contributed by atoms with E-state index < -0.39 is 0 Å². The van der Waals surface area contributed by atoms with E-state index in [-0.39, 0.29) is 6.04 Å². The first kappa shape index (κ1) is 10.9. The molecule has 5 heteroatoms. The average Bonchev–Trinajstić information content (AvgIpc) is 2.53. The maximum absolute atomic E-state index is 8.90. The van der Waals surface area contributed by atoms with E-state index in [0.717, 1.165) is 6.42 Å². The molecular formula is C9H14N4S. The summed E-state index contributed by atoms with van der Waals surface area (Å²) in [5.41, 5.74) is 6.33. The van der Waals surface area contributed by atoms with Crippen LogP contribution in [0.3, 0.4) is 0 Å². The first-order valence-corrected chi connectivity index (χ1v) is 5.70. The van der Waals surface area contributed by atoms with Crippen molar-refractivity contribution < 1.29 is 0 Å². The van der Waals surface area contributed by atoms with Gasteiger partial charge in [0.15, 0.2) is 0 Å². The lowest BCUT2D eigenvalue weighted by molar-refractivity contribution is 0.477. The van der Waals surface area contributed by atoms with Gasteiger partial charge < -0.3 is 5.73 Å². The monoisotopic (exact) mass is 210 g/mol. The van der Waals surface area contributed by atoms with E-state index in [0.29, 0.717) is 16.4 Å². The Morgan fingerprint density at radius 2 is 2.36 bits per heavy atom. The molecule has 0 spiro atoms. The molecule has 1 aromatic rings. The molecule has 0 aliphatic rings. The third kappa shape index (κ3) is 1.70. The van der Waals surface area contributed by atoms with Crippen molar-refractivity contribution in [3.05, 3.63) is 5.56 Å². The van der Waals surface area contributed by atoms with E-state index in [1.165, 1.54) is 11.8 Å². The number of nitrogens with zero attached hydrogens (tertiary/aromatic N) is 3. The van der Waals surface area contributed by atoms with Crippen LogP contribution in [-0.2, 0) is 0 Å². The fraction of sp³-hybridized carbons (Fsp3) is 0.556. The predicted octanol–water partition coefficient (Wildman–Crippen LogP) is 2.03. The van der Waals surface area contributed by atoms with Gasteiger partial charge in [-0.2, -0.15) is 10.4 Å². The Morgan fingerprint density at radius 1 is 1.71 bits per heavy atom. The lowest BCUT2D eigenvalue weighted by Crippen LogP contribution is -2.09. The minimum atomic E-state index is 0.239. The summed E-state index contributed by atoms with van der Waals surface area (Å²) in [6.07, 6.45) is 2.84. The minimum absolute atomic E-state index is 0.239. The normalized spacial score (nSPS) is 12.4. The number of hydrogen-bond acceptors (Lipinski definition) is 4. The summed E-state index contributed by atoms with van der Waals surface area (Å²) in [6.45, 7) is 4.10. The molecule has 0 aromatic carbocycles. The number of nitrogen functional groups attached to an aromatic ring is 1. The Hall–Kier alpha value is -1.15. The Morgan fingerprint density at radius 3 is 2.71 bits per heavy atom. The second-order valence-electron chi connectivity index (χ2n) is 3.08. The minimum Gasteiger partial charge on any atom is -0.383 e. The highest BCUT2D eigenvalue weighted by Gasteiger charge is 2.16. The standard InChI is InChI=1S/C9H14N4S/c1-4-6(2)13-8(11)7(5-10)9(12-13)14-3/h6H,4,11H2,1-3H3. The number of nitriles is 1. The molecule has 1 rings (SSSR count). The molecule has 0 aliphatic heterocycles. The number of nitrogens with two attached hydrogens (primary N) is 1. The van der Waals surface area contributed by atoms with Gasteiger partial charge in [0.05, 0.1) is 6.04 Å². The summed E-state index contributed by atoms with van der Waals surface area (Å²) in [7, 11) is 0. The van der Waals surface area contributed by atoms with Gasteiger partial charge >= 0.3 is 0 Å². The molecule has 0 bridgehead atoms. The number of hydrogen-bond donors (Lipinski definition) is 1. The van der Waals surface area contributed by atoms with Crippen molar-refractivity contribution in [2.24, 2.45) is 0 Å². The van der Waals surface area contributed by atoms with E-state index in [2.05, 4.69) is 18.1 Å². The van der Waals surface area contributed by atoms with Gasteiger partial charge in [-0.3, -0.25) is 0 Å². The van der Waals surface area contributed by atoms with Crippen molar-refractivity contribution in [3.63, 3.8) is 0 Å². The molecule has 14 heavy (non-hydrogen) atoms. The zero-order valence-corrected chi connectivity index (χ0v) is 9.43. The molecule has 0 fully saturated rings. The van der Waals surface area contributed by atoms with E-state index in [1.807, 2.05) is 13.2 Å². The van der Waals surface area contributed by atoms with Crippen molar-refractivity contribution in [2.75, 3.05) is 12.0 Å². The quantitative estimate of drug-likeness (QED) is 0.775. The van der Waals surface area contributed by atoms with Gasteiger partial charge in [-0.25, -0.2) is 4.68 Å². The van der Waals surface area contributed by atoms with Gasteiger partial charge in [0, 0.05) is 0 Å². The first-order valence-electron chi connectivity index (χ1n) is 4.47. The highest BCUT2D eigenvalue weighted by Crippen LogP contribution is 2.26. The SMILES string of the molecule is CCC(C)n1nc(SC)c(C#N)c1N. The van der Waals surface area contributed by atoms with Gasteiger partial charge in [0.1, 0.15) is 22.5 Å². The lowest BCUT2D eigenvalue weighted by atomic mass is 10.2. The zero-order chi connectivity index (χ0) is 10.7. The van der Waals surface area contributed by atoms with Crippen molar-refractivity contribution >= 4 is 17.6 Å². The first-order chi connectivity index (χ1) is 6.65. The van der Waals surface area contributed by atoms with Crippen LogP contribution in [-0.4, -0.2) is 16.0 Å². The molecule has 0 saturated heterocycles. The van der Waals surface area contributed by atoms with Gasteiger partial charge in [-0.05, 0) is 19.6 Å². The topological polar surface area (TPSA) is 67.6 Å². The van der Waals surface area contributed by atoms with E-state index in [1.54, 1.807) is 4.68 Å². The van der Waals surface area contributed by atoms with Gasteiger partial charge in [-0.15, -0.1) is 11.8 Å². The fourth-order valence-electron chi connectivity index (χ4n) is 1.18. The Kier molecular flexibility index (Phi) is 3.42. The van der Waals surface area contributed by atoms with Crippen molar-refractivity contribution in [1.82, 2.24) is 9.78 Å². The summed E-state index contributed by atoms with van der Waals surface area (Å²) in [5.74, 6) is 0.478. The Balaban J connectivity index is 3.22. The van der Waals surface area contributed by atoms with Crippen LogP contribution in [0.2, 0.25) is 0 Å². The van der Waals surface area contributed by atoms with Crippen LogP contribution in [0.1, 0.15) is 31.9 Å². The number of rotatable bonds is 3. The van der Waals surface area contributed by atoms with Crippen molar-refractivity contribution in [3.8, 4) is 6.07 Å². The van der Waals surface area contributed by atoms with Crippen LogP contribution in [0.15, 0.2) is 5.03 Å². The lowest BCUT2D eigenvalue weighted by Gasteiger charge is -2.10. The molecule has 0 aliphatic carbocycles. The largest absolute Gasteiger partial charge is 0.383 e. The molecule has 0 amide bonds. The number of thioether (sulfide) groups is 1. The highest BCUT2D eigenvalue weighted by molar-refractivity contribution is 7.98. The molecule has 76 valence electrons. The third-order valence-electron chi connectivity index (χ3n) is 2.23. The predicted molar refractivity (Wildman–Crippen MR) is 58.1 cm³/mol. The maximum atomic E-state index is 8.90. The van der Waals surface area contributed by atoms with E-state index in [4.69, 9.17) is 11.0 Å². The third-order valence-corrected chi connectivity index (χ3v) is 2.90. The van der Waals surface area contributed by atoms with Gasteiger partial charge in [0.25, 0.3) is 0 Å². The number of aromatic nitrogens is 2. The molecule has 1 unspecified atom stereocenters. The molecule has 1 atom stereocenters. The number of anilines is 1. The molecule has 0 radical (unpaired) electrons. The second kappa shape index (κ2) is 4.38. The highest BCUT2D eigenvalue weighted by atomic mass is 32.2. The Bertz CT molecular complexity index is 364. The Labute approximate surface area is 88.1 Å². The van der Waals surface area contributed by atoms with Gasteiger partial charge in [0.2, 0.25) is 0 Å². The van der Waals surface area contributed by atoms with Crippen LogP contribution in [0.5, 0.6) is 0 Å². The van der Waals surface area contributed by atoms with Crippen LogP contribution in [0.25, 0.3) is 0 Å². The van der Waals surface area contributed by atoms with Crippen LogP contribution in [0.4, 0.5) is 5.82 Å². The smallest absolute Gasteiger partial charge is 0.141 e. The summed E-state index contributed by atoms with van der Waals surface area (Å²) < 4.78 is 1.73. The molecule has 1 heterocycles.